The molecule has 0 aliphatic rings. The second-order valence-corrected chi connectivity index (χ2v) is 6.05. The van der Waals surface area contributed by atoms with Gasteiger partial charge in [0.15, 0.2) is 0 Å². The molecule has 21 heavy (non-hydrogen) atoms. The first-order chi connectivity index (χ1) is 10.1. The lowest BCUT2D eigenvalue weighted by Crippen LogP contribution is -2.35. The molecule has 0 spiro atoms. The van der Waals surface area contributed by atoms with E-state index in [9.17, 15) is 0 Å². The van der Waals surface area contributed by atoms with Gasteiger partial charge < -0.3 is 10.6 Å². The topological polar surface area (TPSA) is 24.1 Å². The first kappa shape index (κ1) is 16.3. The van der Waals surface area contributed by atoms with Gasteiger partial charge in [-0.05, 0) is 42.3 Å². The molecule has 0 heterocycles. The zero-order valence-electron chi connectivity index (χ0n) is 12.1. The van der Waals surface area contributed by atoms with Crippen LogP contribution in [-0.2, 0) is 13.1 Å². The maximum Gasteiger partial charge on any atom is 0.0409 e. The molecule has 0 aliphatic heterocycles. The van der Waals surface area contributed by atoms with E-state index in [1.54, 1.807) is 0 Å². The molecule has 1 atom stereocenters. The summed E-state index contributed by atoms with van der Waals surface area (Å²) in [6.45, 7) is 4.70. The van der Waals surface area contributed by atoms with Crippen molar-refractivity contribution in [2.24, 2.45) is 0 Å². The summed E-state index contributed by atoms with van der Waals surface area (Å²) in [6.07, 6.45) is 0. The van der Waals surface area contributed by atoms with Crippen molar-refractivity contribution in [3.8, 4) is 0 Å². The van der Waals surface area contributed by atoms with Gasteiger partial charge in [0.2, 0.25) is 0 Å². The van der Waals surface area contributed by atoms with Crippen LogP contribution in [0, 0.1) is 0 Å². The van der Waals surface area contributed by atoms with Crippen LogP contribution < -0.4 is 10.6 Å². The minimum Gasteiger partial charge on any atom is -0.311 e. The van der Waals surface area contributed by atoms with Gasteiger partial charge in [0.25, 0.3) is 0 Å². The lowest BCUT2D eigenvalue weighted by atomic mass is 10.2. The summed E-state index contributed by atoms with van der Waals surface area (Å²) in [5, 5.41) is 8.46. The van der Waals surface area contributed by atoms with Gasteiger partial charge in [-0.15, -0.1) is 0 Å². The number of rotatable bonds is 7. The second-order valence-electron chi connectivity index (χ2n) is 5.17. The summed E-state index contributed by atoms with van der Waals surface area (Å²) in [5.41, 5.74) is 2.40. The molecular weight excluding hydrogens is 303 g/mol. The molecule has 1 unspecified atom stereocenters. The fourth-order valence-corrected chi connectivity index (χ4v) is 2.52. The third-order valence-corrected chi connectivity index (χ3v) is 3.68. The summed E-state index contributed by atoms with van der Waals surface area (Å²) in [4.78, 5) is 0. The van der Waals surface area contributed by atoms with Crippen molar-refractivity contribution in [2.75, 3.05) is 6.54 Å². The third kappa shape index (κ3) is 6.06. The smallest absolute Gasteiger partial charge is 0.0409 e. The van der Waals surface area contributed by atoms with E-state index < -0.39 is 0 Å². The molecule has 4 heteroatoms. The molecule has 2 rings (SSSR count). The highest BCUT2D eigenvalue weighted by Gasteiger charge is 2.02. The highest BCUT2D eigenvalue weighted by molar-refractivity contribution is 6.30. The van der Waals surface area contributed by atoms with Gasteiger partial charge in [-0.2, -0.15) is 0 Å². The number of benzene rings is 2. The molecule has 0 bridgehead atoms. The van der Waals surface area contributed by atoms with Gasteiger partial charge in [0.1, 0.15) is 0 Å². The Balaban J connectivity index is 1.69. The van der Waals surface area contributed by atoms with Crippen molar-refractivity contribution < 1.29 is 0 Å². The largest absolute Gasteiger partial charge is 0.311 e. The number of hydrogen-bond acceptors (Lipinski definition) is 2. The van der Waals surface area contributed by atoms with E-state index in [0.29, 0.717) is 6.04 Å². The van der Waals surface area contributed by atoms with Crippen LogP contribution in [0.15, 0.2) is 48.5 Å². The Labute approximate surface area is 136 Å². The molecule has 112 valence electrons. The Morgan fingerprint density at radius 3 is 2.05 bits per heavy atom. The highest BCUT2D eigenvalue weighted by Crippen LogP contribution is 2.11. The van der Waals surface area contributed by atoms with E-state index in [-0.39, 0.29) is 0 Å². The second kappa shape index (κ2) is 8.40. The quantitative estimate of drug-likeness (QED) is 0.795. The van der Waals surface area contributed by atoms with Crippen LogP contribution in [-0.4, -0.2) is 12.6 Å². The van der Waals surface area contributed by atoms with Crippen molar-refractivity contribution in [3.05, 3.63) is 69.7 Å². The molecule has 2 aromatic rings. The molecule has 0 radical (unpaired) electrons. The number of hydrogen-bond donors (Lipinski definition) is 2. The Morgan fingerprint density at radius 2 is 1.48 bits per heavy atom. The van der Waals surface area contributed by atoms with Crippen molar-refractivity contribution in [2.45, 2.75) is 26.1 Å². The van der Waals surface area contributed by atoms with Crippen LogP contribution in [0.1, 0.15) is 18.1 Å². The molecular formula is C17H20Cl2N2. The molecule has 0 saturated carbocycles. The van der Waals surface area contributed by atoms with Gasteiger partial charge in [-0.25, -0.2) is 0 Å². The Hall–Kier alpha value is -1.06. The van der Waals surface area contributed by atoms with Crippen LogP contribution in [0.25, 0.3) is 0 Å². The molecule has 0 saturated heterocycles. The number of nitrogens with one attached hydrogen (secondary N) is 2. The molecule has 0 aromatic heterocycles. The monoisotopic (exact) mass is 322 g/mol. The van der Waals surface area contributed by atoms with Crippen molar-refractivity contribution in [1.82, 2.24) is 10.6 Å². The highest BCUT2D eigenvalue weighted by atomic mass is 35.5. The van der Waals surface area contributed by atoms with Crippen LogP contribution in [0.4, 0.5) is 0 Å². The van der Waals surface area contributed by atoms with Crippen LogP contribution in [0.2, 0.25) is 10.0 Å². The lowest BCUT2D eigenvalue weighted by molar-refractivity contribution is 0.501. The Morgan fingerprint density at radius 1 is 0.905 bits per heavy atom. The minimum absolute atomic E-state index is 0.378. The molecule has 0 amide bonds. The van der Waals surface area contributed by atoms with Gasteiger partial charge in [-0.1, -0.05) is 47.5 Å². The van der Waals surface area contributed by atoms with E-state index in [1.165, 1.54) is 11.1 Å². The first-order valence-corrected chi connectivity index (χ1v) is 7.82. The molecule has 0 fully saturated rings. The maximum absolute atomic E-state index is 5.97. The van der Waals surface area contributed by atoms with Crippen molar-refractivity contribution >= 4 is 23.2 Å². The molecule has 2 N–H and O–H groups in total. The average Bonchev–Trinajstić information content (AvgIpc) is 2.45. The zero-order valence-corrected chi connectivity index (χ0v) is 13.6. The van der Waals surface area contributed by atoms with E-state index in [1.807, 2.05) is 36.4 Å². The standard InChI is InChI=1S/C17H20Cl2N2/c1-13(21-12-15-5-3-7-17(19)9-15)10-20-11-14-4-2-6-16(18)8-14/h2-9,13,20-21H,10-12H2,1H3. The van der Waals surface area contributed by atoms with Crippen LogP contribution >= 0.6 is 23.2 Å². The molecule has 2 aromatic carbocycles. The first-order valence-electron chi connectivity index (χ1n) is 7.06. The lowest BCUT2D eigenvalue weighted by Gasteiger charge is -2.15. The summed E-state index contributed by atoms with van der Waals surface area (Å²) in [6, 6.07) is 16.2. The zero-order chi connectivity index (χ0) is 15.1. The summed E-state index contributed by atoms with van der Waals surface area (Å²) >= 11 is 11.9. The summed E-state index contributed by atoms with van der Waals surface area (Å²) in [7, 11) is 0. The SMILES string of the molecule is CC(CNCc1cccc(Cl)c1)NCc1cccc(Cl)c1. The van der Waals surface area contributed by atoms with Crippen molar-refractivity contribution in [3.63, 3.8) is 0 Å². The maximum atomic E-state index is 5.97. The third-order valence-electron chi connectivity index (χ3n) is 3.21. The normalized spacial score (nSPS) is 12.3. The Bertz CT molecular complexity index is 572. The predicted molar refractivity (Wildman–Crippen MR) is 90.9 cm³/mol. The van der Waals surface area contributed by atoms with E-state index >= 15 is 0 Å². The Kier molecular flexibility index (Phi) is 6.52. The predicted octanol–water partition coefficient (Wildman–Crippen LogP) is 4.26. The van der Waals surface area contributed by atoms with Gasteiger partial charge in [0, 0.05) is 35.7 Å². The fraction of sp³-hybridized carbons (Fsp3) is 0.294. The summed E-state index contributed by atoms with van der Waals surface area (Å²) < 4.78 is 0. The number of halogens is 2. The van der Waals surface area contributed by atoms with Crippen molar-refractivity contribution in [1.29, 1.82) is 0 Å². The van der Waals surface area contributed by atoms with E-state index in [0.717, 1.165) is 29.7 Å². The van der Waals surface area contributed by atoms with Crippen LogP contribution in [0.3, 0.4) is 0 Å². The van der Waals surface area contributed by atoms with Gasteiger partial charge >= 0.3 is 0 Å². The molecule has 2 nitrogen and oxygen atoms in total. The van der Waals surface area contributed by atoms with Crippen LogP contribution in [0.5, 0.6) is 0 Å². The van der Waals surface area contributed by atoms with Gasteiger partial charge in [0.05, 0.1) is 0 Å². The van der Waals surface area contributed by atoms with E-state index in [4.69, 9.17) is 23.2 Å². The van der Waals surface area contributed by atoms with Gasteiger partial charge in [-0.3, -0.25) is 0 Å². The fourth-order valence-electron chi connectivity index (χ4n) is 2.09. The minimum atomic E-state index is 0.378. The average molecular weight is 323 g/mol. The summed E-state index contributed by atoms with van der Waals surface area (Å²) in [5.74, 6) is 0. The van der Waals surface area contributed by atoms with E-state index in [2.05, 4.69) is 29.7 Å². The molecule has 0 aliphatic carbocycles.